The highest BCUT2D eigenvalue weighted by atomic mass is 16.5. The van der Waals surface area contributed by atoms with Crippen LogP contribution < -0.4 is 11.1 Å². The van der Waals surface area contributed by atoms with Crippen molar-refractivity contribution in [3.8, 4) is 0 Å². The van der Waals surface area contributed by atoms with Gasteiger partial charge in [0.1, 0.15) is 0 Å². The maximum absolute atomic E-state index is 11.8. The van der Waals surface area contributed by atoms with Crippen molar-refractivity contribution in [1.29, 1.82) is 0 Å². The molecule has 0 radical (unpaired) electrons. The predicted molar refractivity (Wildman–Crippen MR) is 75.1 cm³/mol. The zero-order chi connectivity index (χ0) is 14.4. The first-order valence-corrected chi connectivity index (χ1v) is 6.19. The van der Waals surface area contributed by atoms with Crippen LogP contribution in [0.25, 0.3) is 0 Å². The molecule has 3 N–H and O–H groups in total. The molecule has 0 atom stereocenters. The molecule has 2 aromatic rings. The number of nitrogens with zero attached hydrogens (tertiary/aromatic N) is 3. The summed E-state index contributed by atoms with van der Waals surface area (Å²) in [7, 11) is 1.63. The Kier molecular flexibility index (Phi) is 4.67. The van der Waals surface area contributed by atoms with Crippen LogP contribution in [0.15, 0.2) is 30.7 Å². The standard InChI is InChI=1S/C13H17N5O2/c1-20-5-4-18-9-12(8-16-18)17-13(19)6-11-3-2-10(14)7-15-11/h2-3,7-9H,4-6,14H2,1H3,(H,17,19). The van der Waals surface area contributed by atoms with Gasteiger partial charge in [-0.3, -0.25) is 14.5 Å². The third-order valence-corrected chi connectivity index (χ3v) is 2.63. The van der Waals surface area contributed by atoms with Crippen LogP contribution in [0.4, 0.5) is 11.4 Å². The van der Waals surface area contributed by atoms with Gasteiger partial charge in [0, 0.05) is 19.0 Å². The SMILES string of the molecule is COCCn1cc(NC(=O)Cc2ccc(N)cn2)cn1. The van der Waals surface area contributed by atoms with Crippen LogP contribution in [0.1, 0.15) is 5.69 Å². The zero-order valence-corrected chi connectivity index (χ0v) is 11.2. The highest BCUT2D eigenvalue weighted by molar-refractivity contribution is 5.91. The van der Waals surface area contributed by atoms with Crippen LogP contribution in [0.2, 0.25) is 0 Å². The van der Waals surface area contributed by atoms with Gasteiger partial charge < -0.3 is 15.8 Å². The number of carbonyl (C=O) groups is 1. The van der Waals surface area contributed by atoms with E-state index in [4.69, 9.17) is 10.5 Å². The van der Waals surface area contributed by atoms with Crippen LogP contribution in [0.3, 0.4) is 0 Å². The van der Waals surface area contributed by atoms with Crippen LogP contribution in [-0.2, 0) is 22.5 Å². The summed E-state index contributed by atoms with van der Waals surface area (Å²) in [5.74, 6) is -0.145. The monoisotopic (exact) mass is 275 g/mol. The molecular weight excluding hydrogens is 258 g/mol. The molecule has 0 aliphatic carbocycles. The van der Waals surface area contributed by atoms with Crippen LogP contribution in [0.5, 0.6) is 0 Å². The van der Waals surface area contributed by atoms with Crippen molar-refractivity contribution in [2.45, 2.75) is 13.0 Å². The van der Waals surface area contributed by atoms with Crippen molar-refractivity contribution in [3.05, 3.63) is 36.4 Å². The Labute approximate surface area is 116 Å². The number of hydrogen-bond donors (Lipinski definition) is 2. The Bertz CT molecular complexity index is 564. The molecule has 106 valence electrons. The lowest BCUT2D eigenvalue weighted by Crippen LogP contribution is -2.14. The first-order chi connectivity index (χ1) is 9.67. The number of aromatic nitrogens is 3. The highest BCUT2D eigenvalue weighted by Gasteiger charge is 2.06. The van der Waals surface area contributed by atoms with Crippen molar-refractivity contribution < 1.29 is 9.53 Å². The van der Waals surface area contributed by atoms with Gasteiger partial charge in [0.15, 0.2) is 0 Å². The third-order valence-electron chi connectivity index (χ3n) is 2.63. The fraction of sp³-hybridized carbons (Fsp3) is 0.308. The molecule has 20 heavy (non-hydrogen) atoms. The van der Waals surface area contributed by atoms with Gasteiger partial charge in [-0.25, -0.2) is 0 Å². The van der Waals surface area contributed by atoms with Gasteiger partial charge in [-0.1, -0.05) is 0 Å². The van der Waals surface area contributed by atoms with E-state index in [1.807, 2.05) is 0 Å². The average molecular weight is 275 g/mol. The molecule has 0 bridgehead atoms. The van der Waals surface area contributed by atoms with Gasteiger partial charge in [-0.05, 0) is 12.1 Å². The summed E-state index contributed by atoms with van der Waals surface area (Å²) in [5, 5.41) is 6.88. The van der Waals surface area contributed by atoms with E-state index in [1.54, 1.807) is 36.3 Å². The Balaban J connectivity index is 1.87. The first kappa shape index (κ1) is 14.0. The van der Waals surface area contributed by atoms with Crippen molar-refractivity contribution in [1.82, 2.24) is 14.8 Å². The van der Waals surface area contributed by atoms with E-state index < -0.39 is 0 Å². The molecule has 0 fully saturated rings. The summed E-state index contributed by atoms with van der Waals surface area (Å²) in [5.41, 5.74) is 7.44. The summed E-state index contributed by atoms with van der Waals surface area (Å²) in [6.45, 7) is 1.22. The lowest BCUT2D eigenvalue weighted by Gasteiger charge is -2.02. The van der Waals surface area contributed by atoms with Crippen LogP contribution in [0, 0.1) is 0 Å². The number of nitrogen functional groups attached to an aromatic ring is 1. The number of amides is 1. The minimum atomic E-state index is -0.145. The molecule has 2 rings (SSSR count). The quantitative estimate of drug-likeness (QED) is 0.808. The van der Waals surface area contributed by atoms with E-state index in [-0.39, 0.29) is 12.3 Å². The normalized spacial score (nSPS) is 10.4. The van der Waals surface area contributed by atoms with Gasteiger partial charge in [0.2, 0.25) is 5.91 Å². The fourth-order valence-electron chi connectivity index (χ4n) is 1.65. The fourth-order valence-corrected chi connectivity index (χ4v) is 1.65. The number of nitrogens with two attached hydrogens (primary N) is 1. The molecule has 0 aliphatic rings. The topological polar surface area (TPSA) is 95.1 Å². The minimum Gasteiger partial charge on any atom is -0.397 e. The predicted octanol–water partition coefficient (Wildman–Crippen LogP) is 0.688. The second-order valence-corrected chi connectivity index (χ2v) is 4.29. The van der Waals surface area contributed by atoms with Crippen LogP contribution in [-0.4, -0.2) is 34.4 Å². The molecule has 2 heterocycles. The largest absolute Gasteiger partial charge is 0.397 e. The number of hydrogen-bond acceptors (Lipinski definition) is 5. The number of pyridine rings is 1. The van der Waals surface area contributed by atoms with Gasteiger partial charge in [0.25, 0.3) is 0 Å². The van der Waals surface area contributed by atoms with Crippen molar-refractivity contribution in [2.75, 3.05) is 24.8 Å². The van der Waals surface area contributed by atoms with Gasteiger partial charge in [0.05, 0.1) is 43.3 Å². The minimum absolute atomic E-state index is 0.145. The number of ether oxygens (including phenoxy) is 1. The van der Waals surface area contributed by atoms with E-state index in [0.717, 1.165) is 0 Å². The first-order valence-electron chi connectivity index (χ1n) is 6.19. The number of carbonyl (C=O) groups excluding carboxylic acids is 1. The van der Waals surface area contributed by atoms with Gasteiger partial charge in [-0.2, -0.15) is 5.10 Å². The lowest BCUT2D eigenvalue weighted by atomic mass is 10.2. The van der Waals surface area contributed by atoms with Crippen molar-refractivity contribution in [3.63, 3.8) is 0 Å². The summed E-state index contributed by atoms with van der Waals surface area (Å²) in [6.07, 6.45) is 5.09. The molecule has 7 nitrogen and oxygen atoms in total. The molecule has 0 spiro atoms. The molecule has 0 aliphatic heterocycles. The maximum atomic E-state index is 11.8. The van der Waals surface area contributed by atoms with Crippen LogP contribution >= 0.6 is 0 Å². The molecule has 2 aromatic heterocycles. The van der Waals surface area contributed by atoms with Crippen molar-refractivity contribution in [2.24, 2.45) is 0 Å². The molecule has 7 heteroatoms. The Morgan fingerprint density at radius 3 is 3.00 bits per heavy atom. The highest BCUT2D eigenvalue weighted by Crippen LogP contribution is 2.07. The Morgan fingerprint density at radius 2 is 2.30 bits per heavy atom. The lowest BCUT2D eigenvalue weighted by molar-refractivity contribution is -0.115. The Morgan fingerprint density at radius 1 is 1.45 bits per heavy atom. The van der Waals surface area contributed by atoms with Crippen molar-refractivity contribution >= 4 is 17.3 Å². The van der Waals surface area contributed by atoms with E-state index >= 15 is 0 Å². The number of rotatable bonds is 6. The number of methoxy groups -OCH3 is 1. The Hall–Kier alpha value is -2.41. The van der Waals surface area contributed by atoms with E-state index in [9.17, 15) is 4.79 Å². The molecular formula is C13H17N5O2. The molecule has 1 amide bonds. The molecule has 0 saturated carbocycles. The third kappa shape index (κ3) is 4.06. The summed E-state index contributed by atoms with van der Waals surface area (Å²) < 4.78 is 6.67. The summed E-state index contributed by atoms with van der Waals surface area (Å²) in [6, 6.07) is 3.45. The van der Waals surface area contributed by atoms with Gasteiger partial charge in [-0.15, -0.1) is 0 Å². The van der Waals surface area contributed by atoms with Gasteiger partial charge >= 0.3 is 0 Å². The van der Waals surface area contributed by atoms with E-state index in [0.29, 0.717) is 30.2 Å². The van der Waals surface area contributed by atoms with E-state index in [1.165, 1.54) is 6.20 Å². The molecule has 0 unspecified atom stereocenters. The molecule has 0 aromatic carbocycles. The smallest absolute Gasteiger partial charge is 0.230 e. The maximum Gasteiger partial charge on any atom is 0.230 e. The zero-order valence-electron chi connectivity index (χ0n) is 11.2. The number of anilines is 2. The second-order valence-electron chi connectivity index (χ2n) is 4.29. The van der Waals surface area contributed by atoms with E-state index in [2.05, 4.69) is 15.4 Å². The summed E-state index contributed by atoms with van der Waals surface area (Å²) in [4.78, 5) is 15.9. The average Bonchev–Trinajstić information content (AvgIpc) is 2.86. The summed E-state index contributed by atoms with van der Waals surface area (Å²) >= 11 is 0. The second kappa shape index (κ2) is 6.67. The number of nitrogens with one attached hydrogen (secondary N) is 1. The molecule has 0 saturated heterocycles.